The molecule has 0 aliphatic heterocycles. The Morgan fingerprint density at radius 3 is 1.32 bits per heavy atom. The van der Waals surface area contributed by atoms with E-state index in [0.717, 1.165) is 103 Å². The second kappa shape index (κ2) is 9.56. The molecule has 2 rings (SSSR count). The monoisotopic (exact) mass is 354 g/mol. The van der Waals surface area contributed by atoms with E-state index in [4.69, 9.17) is 14.9 Å². The molecule has 2 saturated carbocycles. The summed E-state index contributed by atoms with van der Waals surface area (Å²) in [5.74, 6) is -1.21. The highest BCUT2D eigenvalue weighted by molar-refractivity contribution is 5.78. The molecular formula is C20H34O5. The molecule has 5 heteroatoms. The van der Waals surface area contributed by atoms with Crippen LogP contribution in [0.3, 0.4) is 0 Å². The first-order chi connectivity index (χ1) is 12.0. The van der Waals surface area contributed by atoms with Crippen LogP contribution in [0.4, 0.5) is 0 Å². The Labute approximate surface area is 151 Å². The van der Waals surface area contributed by atoms with Gasteiger partial charge in [-0.05, 0) is 51.4 Å². The highest BCUT2D eigenvalue weighted by atomic mass is 16.5. The van der Waals surface area contributed by atoms with E-state index in [-0.39, 0.29) is 10.8 Å². The van der Waals surface area contributed by atoms with Crippen LogP contribution in [0.1, 0.15) is 89.9 Å². The fourth-order valence-corrected chi connectivity index (χ4v) is 3.59. The molecule has 2 aliphatic carbocycles. The first-order valence-electron chi connectivity index (χ1n) is 10.1. The van der Waals surface area contributed by atoms with Crippen molar-refractivity contribution in [2.75, 3.05) is 13.2 Å². The summed E-state index contributed by atoms with van der Waals surface area (Å²) in [5, 5.41) is 18.2. The third kappa shape index (κ3) is 6.61. The average molecular weight is 354 g/mol. The van der Waals surface area contributed by atoms with Crippen molar-refractivity contribution in [3.05, 3.63) is 0 Å². The van der Waals surface area contributed by atoms with E-state index in [1.165, 1.54) is 0 Å². The van der Waals surface area contributed by atoms with Crippen molar-refractivity contribution in [3.63, 3.8) is 0 Å². The molecule has 0 radical (unpaired) electrons. The van der Waals surface area contributed by atoms with Gasteiger partial charge in [0.1, 0.15) is 0 Å². The third-order valence-electron chi connectivity index (χ3n) is 6.00. The van der Waals surface area contributed by atoms with Crippen LogP contribution in [-0.2, 0) is 14.3 Å². The zero-order valence-electron chi connectivity index (χ0n) is 15.4. The van der Waals surface area contributed by atoms with Crippen LogP contribution < -0.4 is 0 Å². The van der Waals surface area contributed by atoms with Gasteiger partial charge in [-0.15, -0.1) is 0 Å². The molecule has 0 bridgehead atoms. The van der Waals surface area contributed by atoms with Crippen LogP contribution in [0.15, 0.2) is 0 Å². The van der Waals surface area contributed by atoms with E-state index < -0.39 is 11.9 Å². The molecular weight excluding hydrogens is 320 g/mol. The molecule has 0 atom stereocenters. The summed E-state index contributed by atoms with van der Waals surface area (Å²) in [6, 6.07) is 0. The second-order valence-corrected chi connectivity index (χ2v) is 8.11. The fourth-order valence-electron chi connectivity index (χ4n) is 3.59. The molecule has 0 heterocycles. The number of carboxylic acid groups (broad SMARTS) is 2. The van der Waals surface area contributed by atoms with Gasteiger partial charge in [0.2, 0.25) is 0 Å². The third-order valence-corrected chi connectivity index (χ3v) is 6.00. The maximum absolute atomic E-state index is 11.1. The zero-order valence-corrected chi connectivity index (χ0v) is 15.4. The van der Waals surface area contributed by atoms with Gasteiger partial charge < -0.3 is 14.9 Å². The summed E-state index contributed by atoms with van der Waals surface area (Å²) in [6.07, 6.45) is 13.7. The first-order valence-corrected chi connectivity index (χ1v) is 10.1. The van der Waals surface area contributed by atoms with Crippen LogP contribution >= 0.6 is 0 Å². The molecule has 0 spiro atoms. The summed E-state index contributed by atoms with van der Waals surface area (Å²) >= 11 is 0. The molecule has 5 nitrogen and oxygen atoms in total. The Kier molecular flexibility index (Phi) is 7.73. The predicted molar refractivity (Wildman–Crippen MR) is 95.6 cm³/mol. The van der Waals surface area contributed by atoms with Crippen molar-refractivity contribution < 1.29 is 24.5 Å². The van der Waals surface area contributed by atoms with Crippen LogP contribution in [0.25, 0.3) is 0 Å². The maximum Gasteiger partial charge on any atom is 0.309 e. The number of ether oxygens (including phenoxy) is 1. The number of carbonyl (C=O) groups is 2. The molecule has 0 aromatic heterocycles. The lowest BCUT2D eigenvalue weighted by atomic mass is 9.98. The van der Waals surface area contributed by atoms with Crippen LogP contribution in [-0.4, -0.2) is 35.4 Å². The topological polar surface area (TPSA) is 83.8 Å². The average Bonchev–Trinajstić information content (AvgIpc) is 3.47. The van der Waals surface area contributed by atoms with Crippen molar-refractivity contribution in [3.8, 4) is 0 Å². The van der Waals surface area contributed by atoms with Crippen molar-refractivity contribution in [1.82, 2.24) is 0 Å². The molecule has 0 saturated heterocycles. The van der Waals surface area contributed by atoms with Crippen molar-refractivity contribution in [2.24, 2.45) is 10.8 Å². The summed E-state index contributed by atoms with van der Waals surface area (Å²) in [4.78, 5) is 22.1. The summed E-state index contributed by atoms with van der Waals surface area (Å²) in [6.45, 7) is 1.60. The molecule has 2 aliphatic rings. The Morgan fingerprint density at radius 1 is 0.640 bits per heavy atom. The molecule has 144 valence electrons. The summed E-state index contributed by atoms with van der Waals surface area (Å²) < 4.78 is 5.64. The molecule has 2 N–H and O–H groups in total. The summed E-state index contributed by atoms with van der Waals surface area (Å²) in [5.41, 5.74) is -0.722. The standard InChI is InChI=1S/C20H34O5/c21-17(22)19(11-12-19)9-5-1-3-7-15-25-16-8-4-2-6-10-20(13-14-20)18(23)24/h1-16H2,(H,21,22)(H,23,24). The lowest BCUT2D eigenvalue weighted by molar-refractivity contribution is -0.144. The lowest BCUT2D eigenvalue weighted by Crippen LogP contribution is -2.14. The Hall–Kier alpha value is -1.10. The number of aliphatic carboxylic acids is 2. The minimum Gasteiger partial charge on any atom is -0.481 e. The van der Waals surface area contributed by atoms with Gasteiger partial charge in [0.05, 0.1) is 10.8 Å². The maximum atomic E-state index is 11.1. The van der Waals surface area contributed by atoms with Crippen LogP contribution in [0.2, 0.25) is 0 Å². The van der Waals surface area contributed by atoms with Gasteiger partial charge in [-0.1, -0.05) is 38.5 Å². The molecule has 0 aromatic carbocycles. The van der Waals surface area contributed by atoms with E-state index in [1.54, 1.807) is 0 Å². The Bertz CT molecular complexity index is 397. The number of hydrogen-bond acceptors (Lipinski definition) is 3. The molecule has 2 fully saturated rings. The Balaban J connectivity index is 1.29. The van der Waals surface area contributed by atoms with Crippen molar-refractivity contribution in [2.45, 2.75) is 89.9 Å². The van der Waals surface area contributed by atoms with Gasteiger partial charge in [0.25, 0.3) is 0 Å². The number of hydrogen-bond donors (Lipinski definition) is 2. The number of carboxylic acids is 2. The smallest absolute Gasteiger partial charge is 0.309 e. The second-order valence-electron chi connectivity index (χ2n) is 8.11. The highest BCUT2D eigenvalue weighted by Crippen LogP contribution is 2.50. The van der Waals surface area contributed by atoms with Crippen LogP contribution in [0.5, 0.6) is 0 Å². The minimum atomic E-state index is -0.605. The molecule has 0 unspecified atom stereocenters. The quantitative estimate of drug-likeness (QED) is 0.395. The number of rotatable bonds is 16. The molecule has 25 heavy (non-hydrogen) atoms. The highest BCUT2D eigenvalue weighted by Gasteiger charge is 2.49. The van der Waals surface area contributed by atoms with E-state index in [9.17, 15) is 9.59 Å². The molecule has 0 aromatic rings. The van der Waals surface area contributed by atoms with Crippen LogP contribution in [0, 0.1) is 10.8 Å². The largest absolute Gasteiger partial charge is 0.481 e. The fraction of sp³-hybridized carbons (Fsp3) is 0.900. The minimum absolute atomic E-state index is 0.361. The molecule has 0 amide bonds. The predicted octanol–water partition coefficient (Wildman–Crippen LogP) is 4.63. The van der Waals surface area contributed by atoms with Gasteiger partial charge in [-0.3, -0.25) is 9.59 Å². The SMILES string of the molecule is O=C(O)C1(CCCCCCOCCCCCCC2(C(=O)O)CC2)CC1. The van der Waals surface area contributed by atoms with Gasteiger partial charge >= 0.3 is 11.9 Å². The van der Waals surface area contributed by atoms with E-state index in [1.807, 2.05) is 0 Å². The van der Waals surface area contributed by atoms with Gasteiger partial charge in [0, 0.05) is 13.2 Å². The zero-order chi connectivity index (χ0) is 18.2. The first kappa shape index (κ1) is 20.2. The Morgan fingerprint density at radius 2 is 1.00 bits per heavy atom. The van der Waals surface area contributed by atoms with E-state index in [0.29, 0.717) is 0 Å². The number of unbranched alkanes of at least 4 members (excludes halogenated alkanes) is 6. The normalized spacial score (nSPS) is 19.5. The summed E-state index contributed by atoms with van der Waals surface area (Å²) in [7, 11) is 0. The van der Waals surface area contributed by atoms with E-state index in [2.05, 4.69) is 0 Å². The van der Waals surface area contributed by atoms with Crippen molar-refractivity contribution in [1.29, 1.82) is 0 Å². The van der Waals surface area contributed by atoms with Crippen molar-refractivity contribution >= 4 is 11.9 Å². The lowest BCUT2D eigenvalue weighted by Gasteiger charge is -2.09. The van der Waals surface area contributed by atoms with Gasteiger partial charge in [-0.25, -0.2) is 0 Å². The van der Waals surface area contributed by atoms with Gasteiger partial charge in [0.15, 0.2) is 0 Å². The van der Waals surface area contributed by atoms with Gasteiger partial charge in [-0.2, -0.15) is 0 Å². The van der Waals surface area contributed by atoms with E-state index >= 15 is 0 Å².